The minimum atomic E-state index is -0.368. The summed E-state index contributed by atoms with van der Waals surface area (Å²) in [5.74, 6) is 0.791. The van der Waals surface area contributed by atoms with Crippen LogP contribution in [0.2, 0.25) is 0 Å². The fourth-order valence-corrected chi connectivity index (χ4v) is 1.82. The molecule has 0 radical (unpaired) electrons. The van der Waals surface area contributed by atoms with Crippen LogP contribution in [0.1, 0.15) is 20.3 Å². The van der Waals surface area contributed by atoms with Gasteiger partial charge >= 0.3 is 5.69 Å². The summed E-state index contributed by atoms with van der Waals surface area (Å²) in [7, 11) is 0. The molecule has 0 bridgehead atoms. The van der Waals surface area contributed by atoms with Crippen molar-refractivity contribution in [2.24, 2.45) is 5.73 Å². The van der Waals surface area contributed by atoms with Crippen molar-refractivity contribution in [3.8, 4) is 0 Å². The van der Waals surface area contributed by atoms with Gasteiger partial charge in [0.15, 0.2) is 5.65 Å². The van der Waals surface area contributed by atoms with Crippen molar-refractivity contribution in [1.29, 1.82) is 5.41 Å². The SMILES string of the molecule is CC(C)N(CCC(=N)N)c1ccc2n[nH]c(=O)n2n1. The first kappa shape index (κ1) is 13.1. The first-order valence-electron chi connectivity index (χ1n) is 6.03. The molecule has 0 saturated heterocycles. The van der Waals surface area contributed by atoms with Crippen LogP contribution >= 0.6 is 0 Å². The van der Waals surface area contributed by atoms with Gasteiger partial charge in [-0.2, -0.15) is 9.61 Å². The Morgan fingerprint density at radius 2 is 2.32 bits per heavy atom. The lowest BCUT2D eigenvalue weighted by atomic mass is 10.2. The average molecular weight is 263 g/mol. The number of nitrogens with two attached hydrogens (primary N) is 1. The molecule has 0 saturated carbocycles. The zero-order valence-corrected chi connectivity index (χ0v) is 10.9. The Morgan fingerprint density at radius 3 is 2.95 bits per heavy atom. The topological polar surface area (TPSA) is 116 Å². The van der Waals surface area contributed by atoms with Crippen molar-refractivity contribution in [1.82, 2.24) is 19.8 Å². The number of aromatic amines is 1. The highest BCUT2D eigenvalue weighted by molar-refractivity contribution is 5.77. The second kappa shape index (κ2) is 5.09. The molecule has 19 heavy (non-hydrogen) atoms. The Morgan fingerprint density at radius 1 is 1.58 bits per heavy atom. The highest BCUT2D eigenvalue weighted by atomic mass is 16.2. The van der Waals surface area contributed by atoms with Crippen LogP contribution < -0.4 is 16.3 Å². The first-order chi connectivity index (χ1) is 8.99. The highest BCUT2D eigenvalue weighted by Gasteiger charge is 2.14. The number of nitrogens with one attached hydrogen (secondary N) is 2. The van der Waals surface area contributed by atoms with Gasteiger partial charge in [-0.1, -0.05) is 0 Å². The normalized spacial score (nSPS) is 11.1. The van der Waals surface area contributed by atoms with Crippen molar-refractivity contribution in [2.45, 2.75) is 26.3 Å². The molecule has 0 amide bonds. The molecule has 2 aromatic rings. The predicted molar refractivity (Wildman–Crippen MR) is 72.6 cm³/mol. The van der Waals surface area contributed by atoms with Crippen LogP contribution in [0.3, 0.4) is 0 Å². The Hall–Kier alpha value is -2.38. The summed E-state index contributed by atoms with van der Waals surface area (Å²) in [5.41, 5.74) is 5.49. The van der Waals surface area contributed by atoms with Gasteiger partial charge in [0.25, 0.3) is 0 Å². The average Bonchev–Trinajstić information content (AvgIpc) is 2.70. The summed E-state index contributed by atoms with van der Waals surface area (Å²) in [6.07, 6.45) is 0.457. The smallest absolute Gasteiger partial charge is 0.364 e. The Kier molecular flexibility index (Phi) is 3.50. The Balaban J connectivity index is 2.35. The number of rotatable bonds is 5. The molecule has 2 heterocycles. The van der Waals surface area contributed by atoms with E-state index in [4.69, 9.17) is 11.1 Å². The van der Waals surface area contributed by atoms with E-state index in [9.17, 15) is 4.79 Å². The van der Waals surface area contributed by atoms with Crippen LogP contribution in [-0.4, -0.2) is 38.2 Å². The Labute approximate surface area is 109 Å². The van der Waals surface area contributed by atoms with Gasteiger partial charge in [0.1, 0.15) is 5.82 Å². The fraction of sp³-hybridized carbons (Fsp3) is 0.455. The molecule has 2 rings (SSSR count). The number of hydrogen-bond donors (Lipinski definition) is 3. The molecule has 0 aromatic carbocycles. The molecule has 0 unspecified atom stereocenters. The number of anilines is 1. The minimum Gasteiger partial charge on any atom is -0.388 e. The van der Waals surface area contributed by atoms with E-state index >= 15 is 0 Å². The second-order valence-electron chi connectivity index (χ2n) is 4.55. The van der Waals surface area contributed by atoms with Crippen LogP contribution in [0.4, 0.5) is 5.82 Å². The fourth-order valence-electron chi connectivity index (χ4n) is 1.82. The second-order valence-corrected chi connectivity index (χ2v) is 4.55. The third kappa shape index (κ3) is 2.72. The van der Waals surface area contributed by atoms with Crippen molar-refractivity contribution < 1.29 is 0 Å². The molecule has 0 spiro atoms. The number of aromatic nitrogens is 4. The monoisotopic (exact) mass is 263 g/mol. The van der Waals surface area contributed by atoms with E-state index in [0.29, 0.717) is 24.4 Å². The van der Waals surface area contributed by atoms with Gasteiger partial charge in [0.05, 0.1) is 5.84 Å². The van der Waals surface area contributed by atoms with E-state index in [2.05, 4.69) is 15.3 Å². The summed E-state index contributed by atoms with van der Waals surface area (Å²) in [6.45, 7) is 4.62. The number of H-pyrrole nitrogens is 1. The van der Waals surface area contributed by atoms with Gasteiger partial charge in [-0.15, -0.1) is 5.10 Å². The van der Waals surface area contributed by atoms with Crippen LogP contribution in [0.25, 0.3) is 5.65 Å². The summed E-state index contributed by atoms with van der Waals surface area (Å²) in [6, 6.07) is 3.71. The summed E-state index contributed by atoms with van der Waals surface area (Å²) < 4.78 is 1.22. The molecule has 8 nitrogen and oxygen atoms in total. The first-order valence-corrected chi connectivity index (χ1v) is 6.03. The van der Waals surface area contributed by atoms with Gasteiger partial charge in [-0.25, -0.2) is 9.89 Å². The summed E-state index contributed by atoms with van der Waals surface area (Å²) in [5, 5.41) is 17.7. The van der Waals surface area contributed by atoms with E-state index in [0.717, 1.165) is 0 Å². The lowest BCUT2D eigenvalue weighted by molar-refractivity contribution is 0.667. The van der Waals surface area contributed by atoms with Crippen LogP contribution in [-0.2, 0) is 0 Å². The van der Waals surface area contributed by atoms with Crippen molar-refractivity contribution in [3.63, 3.8) is 0 Å². The van der Waals surface area contributed by atoms with Gasteiger partial charge in [-0.05, 0) is 26.0 Å². The standard InChI is InChI=1S/C11H17N7O/c1-7(2)17(6-5-8(12)13)10-4-3-9-14-15-11(19)18(9)16-10/h3-4,7H,5-6H2,1-2H3,(H3,12,13)(H,15,19). The highest BCUT2D eigenvalue weighted by Crippen LogP contribution is 2.14. The molecule has 102 valence electrons. The molecule has 0 atom stereocenters. The van der Waals surface area contributed by atoms with E-state index in [1.54, 1.807) is 12.1 Å². The lowest BCUT2D eigenvalue weighted by Gasteiger charge is -2.27. The summed E-state index contributed by atoms with van der Waals surface area (Å²) in [4.78, 5) is 13.5. The largest absolute Gasteiger partial charge is 0.388 e. The van der Waals surface area contributed by atoms with Crippen molar-refractivity contribution in [2.75, 3.05) is 11.4 Å². The van der Waals surface area contributed by atoms with Crippen molar-refractivity contribution >= 4 is 17.3 Å². The maximum atomic E-state index is 11.5. The van der Waals surface area contributed by atoms with Gasteiger partial charge in [-0.3, -0.25) is 5.41 Å². The number of hydrogen-bond acceptors (Lipinski definition) is 5. The molecule has 2 aromatic heterocycles. The molecule has 4 N–H and O–H groups in total. The Bertz CT molecular complexity index is 642. The molecule has 0 fully saturated rings. The van der Waals surface area contributed by atoms with Crippen LogP contribution in [0.5, 0.6) is 0 Å². The number of fused-ring (bicyclic) bond motifs is 1. The van der Waals surface area contributed by atoms with Gasteiger partial charge < -0.3 is 10.6 Å². The zero-order chi connectivity index (χ0) is 14.0. The minimum absolute atomic E-state index is 0.132. The van der Waals surface area contributed by atoms with E-state index in [1.807, 2.05) is 18.7 Å². The van der Waals surface area contributed by atoms with Crippen LogP contribution in [0.15, 0.2) is 16.9 Å². The zero-order valence-electron chi connectivity index (χ0n) is 10.9. The molecular weight excluding hydrogens is 246 g/mol. The van der Waals surface area contributed by atoms with E-state index in [-0.39, 0.29) is 17.6 Å². The third-order valence-corrected chi connectivity index (χ3v) is 2.80. The molecule has 8 heteroatoms. The maximum Gasteiger partial charge on any atom is 0.364 e. The lowest BCUT2D eigenvalue weighted by Crippen LogP contribution is -2.35. The number of amidine groups is 1. The third-order valence-electron chi connectivity index (χ3n) is 2.80. The molecule has 0 aliphatic heterocycles. The van der Waals surface area contributed by atoms with Gasteiger partial charge in [0.2, 0.25) is 0 Å². The van der Waals surface area contributed by atoms with E-state index in [1.165, 1.54) is 4.52 Å². The predicted octanol–water partition coefficient (Wildman–Crippen LogP) is -0.0415. The van der Waals surface area contributed by atoms with Gasteiger partial charge in [0, 0.05) is 19.0 Å². The number of nitrogens with zero attached hydrogens (tertiary/aromatic N) is 4. The maximum absolute atomic E-state index is 11.5. The molecule has 0 aliphatic rings. The van der Waals surface area contributed by atoms with Crippen LogP contribution in [0, 0.1) is 5.41 Å². The van der Waals surface area contributed by atoms with Crippen molar-refractivity contribution in [3.05, 3.63) is 22.6 Å². The summed E-state index contributed by atoms with van der Waals surface area (Å²) >= 11 is 0. The molecular formula is C11H17N7O. The van der Waals surface area contributed by atoms with E-state index < -0.39 is 0 Å². The molecule has 0 aliphatic carbocycles. The quantitative estimate of drug-likeness (QED) is 0.517.